The van der Waals surface area contributed by atoms with Gasteiger partial charge < -0.3 is 9.16 Å². The summed E-state index contributed by atoms with van der Waals surface area (Å²) in [5, 5.41) is 2.28. The Labute approximate surface area is 157 Å². The van der Waals surface area contributed by atoms with Gasteiger partial charge in [-0.15, -0.1) is 0 Å². The molecule has 0 radical (unpaired) electrons. The van der Waals surface area contributed by atoms with Crippen molar-refractivity contribution in [3.8, 4) is 0 Å². The third-order valence-corrected chi connectivity index (χ3v) is 9.47. The van der Waals surface area contributed by atoms with Crippen molar-refractivity contribution in [1.82, 2.24) is 0 Å². The first-order valence-electron chi connectivity index (χ1n) is 8.86. The molecule has 0 N–H and O–H groups in total. The lowest BCUT2D eigenvalue weighted by Crippen LogP contribution is -2.67. The highest BCUT2D eigenvalue weighted by Crippen LogP contribution is 2.36. The summed E-state index contributed by atoms with van der Waals surface area (Å²) in [6.45, 7) is 12.1. The minimum atomic E-state index is -2.62. The molecule has 2 aromatic carbocycles. The Morgan fingerprint density at radius 3 is 1.85 bits per heavy atom. The lowest BCUT2D eigenvalue weighted by molar-refractivity contribution is -0.145. The number of ether oxygens (including phenoxy) is 1. The van der Waals surface area contributed by atoms with Crippen molar-refractivity contribution in [1.29, 1.82) is 0 Å². The van der Waals surface area contributed by atoms with Crippen molar-refractivity contribution in [2.75, 3.05) is 6.61 Å². The van der Waals surface area contributed by atoms with Crippen LogP contribution in [0.5, 0.6) is 0 Å². The van der Waals surface area contributed by atoms with Crippen LogP contribution in [0, 0.1) is 0 Å². The van der Waals surface area contributed by atoms with E-state index < -0.39 is 14.4 Å². The fourth-order valence-corrected chi connectivity index (χ4v) is 7.90. The summed E-state index contributed by atoms with van der Waals surface area (Å²) in [6.07, 6.45) is 1.16. The van der Waals surface area contributed by atoms with Crippen LogP contribution in [-0.2, 0) is 14.0 Å². The van der Waals surface area contributed by atoms with Crippen LogP contribution in [0.3, 0.4) is 0 Å². The van der Waals surface area contributed by atoms with Crippen LogP contribution >= 0.6 is 0 Å². The van der Waals surface area contributed by atoms with Gasteiger partial charge in [-0.2, -0.15) is 0 Å². The molecule has 1 atom stereocenters. The lowest BCUT2D eigenvalue weighted by atomic mass is 10.2. The third-order valence-electron chi connectivity index (χ3n) is 4.46. The van der Waals surface area contributed by atoms with Crippen LogP contribution < -0.4 is 10.4 Å². The standard InChI is InChI=1S/C22H28O3Si/c1-6-19(25-18(2)23)17-24-26(22(3,4)5,20-13-9-7-10-14-20)21-15-11-8-12-16-21/h6-16,19H,1,17H2,2-5H3/t19-/m1/s1. The number of rotatable bonds is 7. The van der Waals surface area contributed by atoms with Gasteiger partial charge >= 0.3 is 5.97 Å². The second kappa shape index (κ2) is 8.47. The van der Waals surface area contributed by atoms with Crippen LogP contribution in [-0.4, -0.2) is 27.0 Å². The molecule has 0 aliphatic rings. The number of carbonyl (C=O) groups is 1. The monoisotopic (exact) mass is 368 g/mol. The molecule has 138 valence electrons. The largest absolute Gasteiger partial charge is 0.456 e. The Kier molecular flexibility index (Phi) is 6.56. The van der Waals surface area contributed by atoms with Gasteiger partial charge in [0.15, 0.2) is 0 Å². The molecule has 3 nitrogen and oxygen atoms in total. The Morgan fingerprint density at radius 2 is 1.50 bits per heavy atom. The van der Waals surface area contributed by atoms with Crippen molar-refractivity contribution in [3.63, 3.8) is 0 Å². The highest BCUT2D eigenvalue weighted by atomic mass is 28.4. The van der Waals surface area contributed by atoms with Gasteiger partial charge in [0.05, 0.1) is 6.61 Å². The number of esters is 1. The summed E-state index contributed by atoms with van der Waals surface area (Å²) in [7, 11) is -2.62. The van der Waals surface area contributed by atoms with E-state index in [1.54, 1.807) is 6.08 Å². The zero-order chi connectivity index (χ0) is 19.2. The van der Waals surface area contributed by atoms with Crippen LogP contribution in [0.4, 0.5) is 0 Å². The molecule has 0 bridgehead atoms. The normalized spacial score (nSPS) is 13.1. The molecule has 26 heavy (non-hydrogen) atoms. The predicted molar refractivity (Wildman–Crippen MR) is 109 cm³/mol. The SMILES string of the molecule is C=C[C@H](CO[Si](c1ccccc1)(c1ccccc1)C(C)(C)C)OC(C)=O. The summed E-state index contributed by atoms with van der Waals surface area (Å²) in [5.74, 6) is -0.332. The maximum Gasteiger partial charge on any atom is 0.303 e. The van der Waals surface area contributed by atoms with Gasteiger partial charge in [-0.1, -0.05) is 88.0 Å². The maximum absolute atomic E-state index is 11.4. The zero-order valence-corrected chi connectivity index (χ0v) is 17.1. The Morgan fingerprint density at radius 1 is 1.04 bits per heavy atom. The minimum absolute atomic E-state index is 0.113. The number of hydrogen-bond donors (Lipinski definition) is 0. The molecule has 0 aliphatic carbocycles. The van der Waals surface area contributed by atoms with Crippen LogP contribution in [0.15, 0.2) is 73.3 Å². The first-order valence-corrected chi connectivity index (χ1v) is 10.8. The molecule has 0 fully saturated rings. The van der Waals surface area contributed by atoms with Crippen molar-refractivity contribution in [2.24, 2.45) is 0 Å². The van der Waals surface area contributed by atoms with Gasteiger partial charge in [-0.3, -0.25) is 4.79 Å². The van der Waals surface area contributed by atoms with Crippen LogP contribution in [0.1, 0.15) is 27.7 Å². The number of hydrogen-bond acceptors (Lipinski definition) is 3. The molecular weight excluding hydrogens is 340 g/mol. The fourth-order valence-electron chi connectivity index (χ4n) is 3.33. The molecule has 0 aliphatic heterocycles. The molecule has 0 saturated heterocycles. The third kappa shape index (κ3) is 4.32. The molecule has 2 rings (SSSR count). The summed E-state index contributed by atoms with van der Waals surface area (Å²) in [5.41, 5.74) is 0. The van der Waals surface area contributed by atoms with Gasteiger partial charge in [0, 0.05) is 6.92 Å². The molecular formula is C22H28O3Si. The van der Waals surface area contributed by atoms with E-state index >= 15 is 0 Å². The van der Waals surface area contributed by atoms with Gasteiger partial charge in [0.2, 0.25) is 0 Å². The smallest absolute Gasteiger partial charge is 0.303 e. The van der Waals surface area contributed by atoms with Crippen molar-refractivity contribution in [2.45, 2.75) is 38.8 Å². The highest BCUT2D eigenvalue weighted by Gasteiger charge is 2.50. The molecule has 0 aromatic heterocycles. The van der Waals surface area contributed by atoms with Crippen LogP contribution in [0.2, 0.25) is 5.04 Å². The van der Waals surface area contributed by atoms with E-state index in [1.165, 1.54) is 17.3 Å². The number of benzene rings is 2. The van der Waals surface area contributed by atoms with Gasteiger partial charge in [-0.25, -0.2) is 0 Å². The van der Waals surface area contributed by atoms with Crippen LogP contribution in [0.25, 0.3) is 0 Å². The first-order chi connectivity index (χ1) is 12.3. The van der Waals surface area contributed by atoms with E-state index in [0.29, 0.717) is 0 Å². The molecule has 0 amide bonds. The van der Waals surface area contributed by atoms with Gasteiger partial charge in [-0.05, 0) is 21.5 Å². The Bertz CT molecular complexity index is 681. The summed E-state index contributed by atoms with van der Waals surface area (Å²) >= 11 is 0. The van der Waals surface area contributed by atoms with E-state index in [4.69, 9.17) is 9.16 Å². The second-order valence-corrected chi connectivity index (χ2v) is 11.7. The van der Waals surface area contributed by atoms with Gasteiger partial charge in [0.1, 0.15) is 6.10 Å². The van der Waals surface area contributed by atoms with Crippen molar-refractivity contribution < 1.29 is 14.0 Å². The average molecular weight is 369 g/mol. The first kappa shape index (κ1) is 20.1. The van der Waals surface area contributed by atoms with Gasteiger partial charge in [0.25, 0.3) is 8.32 Å². The number of carbonyl (C=O) groups excluding carboxylic acids is 1. The minimum Gasteiger partial charge on any atom is -0.456 e. The fraction of sp³-hybridized carbons (Fsp3) is 0.318. The zero-order valence-electron chi connectivity index (χ0n) is 16.1. The van der Waals surface area contributed by atoms with E-state index in [0.717, 1.165) is 0 Å². The average Bonchev–Trinajstić information content (AvgIpc) is 2.61. The maximum atomic E-state index is 11.4. The molecule has 4 heteroatoms. The highest BCUT2D eigenvalue weighted by molar-refractivity contribution is 6.99. The summed E-state index contributed by atoms with van der Waals surface area (Å²) < 4.78 is 12.0. The molecule has 0 spiro atoms. The summed E-state index contributed by atoms with van der Waals surface area (Å²) in [6, 6.07) is 20.8. The molecule has 0 saturated carbocycles. The van der Waals surface area contributed by atoms with E-state index in [1.807, 2.05) is 36.4 Å². The molecule has 0 heterocycles. The van der Waals surface area contributed by atoms with E-state index in [2.05, 4.69) is 51.6 Å². The van der Waals surface area contributed by atoms with E-state index in [9.17, 15) is 4.79 Å². The van der Waals surface area contributed by atoms with Crippen molar-refractivity contribution >= 4 is 24.7 Å². The molecule has 2 aromatic rings. The quantitative estimate of drug-likeness (QED) is 0.425. The van der Waals surface area contributed by atoms with Crippen molar-refractivity contribution in [3.05, 3.63) is 73.3 Å². The Balaban J connectivity index is 2.53. The Hall–Kier alpha value is -2.17. The molecule has 0 unspecified atom stereocenters. The topological polar surface area (TPSA) is 35.5 Å². The lowest BCUT2D eigenvalue weighted by Gasteiger charge is -2.43. The second-order valence-electron chi connectivity index (χ2n) is 7.36. The van der Waals surface area contributed by atoms with E-state index in [-0.39, 0.29) is 17.6 Å². The summed E-state index contributed by atoms with van der Waals surface area (Å²) in [4.78, 5) is 11.4. The predicted octanol–water partition coefficient (Wildman–Crippen LogP) is 3.68.